The van der Waals surface area contributed by atoms with E-state index >= 15 is 0 Å². The molecule has 5 nitrogen and oxygen atoms in total. The number of nitrogens with one attached hydrogen (secondary N) is 2. The Labute approximate surface area is 108 Å². The molecule has 1 aromatic rings. The minimum absolute atomic E-state index is 0.0295. The molecule has 1 rings (SSSR count). The minimum atomic E-state index is -3.31. The fourth-order valence-electron chi connectivity index (χ4n) is 1.25. The van der Waals surface area contributed by atoms with E-state index in [1.807, 2.05) is 31.2 Å². The van der Waals surface area contributed by atoms with Gasteiger partial charge in [-0.25, -0.2) is 13.1 Å². The second-order valence-electron chi connectivity index (χ2n) is 3.99. The van der Waals surface area contributed by atoms with Crippen LogP contribution in [0, 0.1) is 6.92 Å². The maximum Gasteiger partial charge on any atom is 0.235 e. The molecule has 0 unspecified atom stereocenters. The summed E-state index contributed by atoms with van der Waals surface area (Å²) in [5.41, 5.74) is 2.13. The van der Waals surface area contributed by atoms with E-state index in [2.05, 4.69) is 10.0 Å². The number of hydrogen-bond donors (Lipinski definition) is 2. The molecule has 0 radical (unpaired) electrons. The normalized spacial score (nSPS) is 11.2. The smallest absolute Gasteiger partial charge is 0.235 e. The lowest BCUT2D eigenvalue weighted by atomic mass is 10.1. The molecular weight excluding hydrogens is 252 g/mol. The lowest BCUT2D eigenvalue weighted by Gasteiger charge is -2.07. The average molecular weight is 270 g/mol. The quantitative estimate of drug-likeness (QED) is 0.792. The number of hydrogen-bond acceptors (Lipinski definition) is 3. The van der Waals surface area contributed by atoms with Gasteiger partial charge in [0.1, 0.15) is 0 Å². The molecule has 0 saturated heterocycles. The van der Waals surface area contributed by atoms with Gasteiger partial charge >= 0.3 is 0 Å². The first kappa shape index (κ1) is 14.7. The highest BCUT2D eigenvalue weighted by Crippen LogP contribution is 2.02. The maximum atomic E-state index is 11.4. The summed E-state index contributed by atoms with van der Waals surface area (Å²) in [5.74, 6) is -0.370. The van der Waals surface area contributed by atoms with Gasteiger partial charge in [0.05, 0.1) is 12.3 Å². The van der Waals surface area contributed by atoms with Gasteiger partial charge in [0.15, 0.2) is 0 Å². The van der Waals surface area contributed by atoms with Crippen LogP contribution in [-0.4, -0.2) is 26.6 Å². The predicted octanol–water partition coefficient (Wildman–Crippen LogP) is 0.551. The Kier molecular flexibility index (Phi) is 5.30. The van der Waals surface area contributed by atoms with Crippen LogP contribution in [0.2, 0.25) is 0 Å². The van der Waals surface area contributed by atoms with E-state index < -0.39 is 10.0 Å². The number of benzene rings is 1. The van der Waals surface area contributed by atoms with Gasteiger partial charge in [-0.05, 0) is 19.4 Å². The summed E-state index contributed by atoms with van der Waals surface area (Å²) in [5, 5.41) is 2.65. The first-order valence-corrected chi connectivity index (χ1v) is 7.38. The van der Waals surface area contributed by atoms with E-state index in [0.717, 1.165) is 11.1 Å². The van der Waals surface area contributed by atoms with Crippen molar-refractivity contribution < 1.29 is 13.2 Å². The highest BCUT2D eigenvalue weighted by Gasteiger charge is 2.08. The summed E-state index contributed by atoms with van der Waals surface area (Å²) < 4.78 is 24.5. The number of amides is 1. The van der Waals surface area contributed by atoms with Crippen molar-refractivity contribution in [1.29, 1.82) is 0 Å². The van der Waals surface area contributed by atoms with Crippen molar-refractivity contribution in [2.75, 3.05) is 12.3 Å². The van der Waals surface area contributed by atoms with Crippen molar-refractivity contribution in [3.63, 3.8) is 0 Å². The molecule has 1 aromatic carbocycles. The molecule has 0 heterocycles. The standard InChI is InChI=1S/C12H18N2O3S/c1-3-18(16,17)14-9-12(15)13-8-11-6-4-10(2)5-7-11/h4-7,14H,3,8-9H2,1-2H3,(H,13,15). The van der Waals surface area contributed by atoms with E-state index in [1.165, 1.54) is 6.92 Å². The zero-order chi connectivity index (χ0) is 13.6. The lowest BCUT2D eigenvalue weighted by Crippen LogP contribution is -2.37. The van der Waals surface area contributed by atoms with E-state index in [-0.39, 0.29) is 18.2 Å². The SMILES string of the molecule is CCS(=O)(=O)NCC(=O)NCc1ccc(C)cc1. The zero-order valence-corrected chi connectivity index (χ0v) is 11.4. The molecule has 6 heteroatoms. The monoisotopic (exact) mass is 270 g/mol. The Morgan fingerprint density at radius 3 is 2.39 bits per heavy atom. The third kappa shape index (κ3) is 5.29. The van der Waals surface area contributed by atoms with Crippen LogP contribution in [0.5, 0.6) is 0 Å². The van der Waals surface area contributed by atoms with Gasteiger partial charge in [0, 0.05) is 6.54 Å². The number of carbonyl (C=O) groups excluding carboxylic acids is 1. The van der Waals surface area contributed by atoms with E-state index in [9.17, 15) is 13.2 Å². The van der Waals surface area contributed by atoms with Crippen LogP contribution in [0.25, 0.3) is 0 Å². The molecule has 100 valence electrons. The van der Waals surface area contributed by atoms with Gasteiger partial charge in [0.2, 0.25) is 15.9 Å². The molecule has 0 aliphatic heterocycles. The van der Waals surface area contributed by atoms with Crippen molar-refractivity contribution >= 4 is 15.9 Å². The van der Waals surface area contributed by atoms with Crippen molar-refractivity contribution in [2.45, 2.75) is 20.4 Å². The van der Waals surface area contributed by atoms with E-state index in [4.69, 9.17) is 0 Å². The molecule has 0 atom stereocenters. The van der Waals surface area contributed by atoms with Crippen LogP contribution in [0.15, 0.2) is 24.3 Å². The molecule has 18 heavy (non-hydrogen) atoms. The molecule has 1 amide bonds. The largest absolute Gasteiger partial charge is 0.351 e. The fourth-order valence-corrected chi connectivity index (χ4v) is 1.80. The summed E-state index contributed by atoms with van der Waals surface area (Å²) in [6, 6.07) is 7.76. The second kappa shape index (κ2) is 6.51. The number of rotatable bonds is 6. The Balaban J connectivity index is 2.36. The van der Waals surface area contributed by atoms with E-state index in [1.54, 1.807) is 0 Å². The van der Waals surface area contributed by atoms with Crippen LogP contribution in [-0.2, 0) is 21.4 Å². The zero-order valence-electron chi connectivity index (χ0n) is 10.6. The van der Waals surface area contributed by atoms with Crippen molar-refractivity contribution in [2.24, 2.45) is 0 Å². The first-order chi connectivity index (χ1) is 8.43. The van der Waals surface area contributed by atoms with Gasteiger partial charge < -0.3 is 5.32 Å². The summed E-state index contributed by atoms with van der Waals surface area (Å²) >= 11 is 0. The van der Waals surface area contributed by atoms with Gasteiger partial charge in [0.25, 0.3) is 0 Å². The van der Waals surface area contributed by atoms with Crippen molar-refractivity contribution in [3.8, 4) is 0 Å². The summed E-state index contributed by atoms with van der Waals surface area (Å²) in [4.78, 5) is 11.4. The number of aryl methyl sites for hydroxylation is 1. The average Bonchev–Trinajstić information content (AvgIpc) is 2.36. The molecule has 0 fully saturated rings. The molecule has 0 saturated carbocycles. The number of sulfonamides is 1. The fraction of sp³-hybridized carbons (Fsp3) is 0.417. The summed E-state index contributed by atoms with van der Waals surface area (Å²) in [6.45, 7) is 3.68. The van der Waals surface area contributed by atoms with Crippen LogP contribution in [0.3, 0.4) is 0 Å². The maximum absolute atomic E-state index is 11.4. The number of carbonyl (C=O) groups is 1. The van der Waals surface area contributed by atoms with Crippen LogP contribution in [0.4, 0.5) is 0 Å². The van der Waals surface area contributed by atoms with Gasteiger partial charge in [-0.3, -0.25) is 4.79 Å². The topological polar surface area (TPSA) is 75.3 Å². The second-order valence-corrected chi connectivity index (χ2v) is 6.08. The Hall–Kier alpha value is -1.40. The molecule has 0 aromatic heterocycles. The Morgan fingerprint density at radius 2 is 1.83 bits per heavy atom. The Morgan fingerprint density at radius 1 is 1.22 bits per heavy atom. The lowest BCUT2D eigenvalue weighted by molar-refractivity contribution is -0.120. The molecule has 0 spiro atoms. The van der Waals surface area contributed by atoms with Crippen LogP contribution in [0.1, 0.15) is 18.1 Å². The highest BCUT2D eigenvalue weighted by molar-refractivity contribution is 7.89. The third-order valence-electron chi connectivity index (χ3n) is 2.44. The third-order valence-corrected chi connectivity index (χ3v) is 3.79. The summed E-state index contributed by atoms with van der Waals surface area (Å²) in [6.07, 6.45) is 0. The molecule has 0 aliphatic carbocycles. The molecule has 0 bridgehead atoms. The van der Waals surface area contributed by atoms with Gasteiger partial charge in [-0.2, -0.15) is 0 Å². The van der Waals surface area contributed by atoms with Gasteiger partial charge in [-0.15, -0.1) is 0 Å². The Bertz CT molecular complexity index is 495. The van der Waals surface area contributed by atoms with Crippen LogP contribution >= 0.6 is 0 Å². The highest BCUT2D eigenvalue weighted by atomic mass is 32.2. The molecule has 0 aliphatic rings. The first-order valence-electron chi connectivity index (χ1n) is 5.72. The molecule has 2 N–H and O–H groups in total. The minimum Gasteiger partial charge on any atom is -0.351 e. The van der Waals surface area contributed by atoms with E-state index in [0.29, 0.717) is 6.54 Å². The van der Waals surface area contributed by atoms with Crippen LogP contribution < -0.4 is 10.0 Å². The van der Waals surface area contributed by atoms with Crippen molar-refractivity contribution in [1.82, 2.24) is 10.0 Å². The summed E-state index contributed by atoms with van der Waals surface area (Å²) in [7, 11) is -3.31. The van der Waals surface area contributed by atoms with Crippen molar-refractivity contribution in [3.05, 3.63) is 35.4 Å². The molecular formula is C12H18N2O3S. The van der Waals surface area contributed by atoms with Gasteiger partial charge in [-0.1, -0.05) is 29.8 Å². The predicted molar refractivity (Wildman–Crippen MR) is 70.5 cm³/mol.